The van der Waals surface area contributed by atoms with E-state index in [0.29, 0.717) is 22.3 Å². The van der Waals surface area contributed by atoms with E-state index in [4.69, 9.17) is 9.47 Å². The SMILES string of the molecule is COc1ccc(Nc2c(C#N)cnc3c(OC)cc([N+](=O)[O-])cc23)cc1O. The number of aromatic nitrogens is 1. The lowest BCUT2D eigenvalue weighted by Crippen LogP contribution is -2.00. The Morgan fingerprint density at radius 3 is 2.56 bits per heavy atom. The summed E-state index contributed by atoms with van der Waals surface area (Å²) in [6.07, 6.45) is 1.35. The number of rotatable bonds is 5. The monoisotopic (exact) mass is 366 g/mol. The van der Waals surface area contributed by atoms with Crippen LogP contribution in [0.5, 0.6) is 17.2 Å². The lowest BCUT2D eigenvalue weighted by atomic mass is 10.1. The van der Waals surface area contributed by atoms with Crippen molar-refractivity contribution in [3.63, 3.8) is 0 Å². The fourth-order valence-electron chi connectivity index (χ4n) is 2.65. The first kappa shape index (κ1) is 17.8. The van der Waals surface area contributed by atoms with Crippen molar-refractivity contribution < 1.29 is 19.5 Å². The van der Waals surface area contributed by atoms with Crippen LogP contribution in [0.15, 0.2) is 36.5 Å². The molecule has 9 nitrogen and oxygen atoms in total. The number of nitro groups is 1. The number of nitrogens with zero attached hydrogens (tertiary/aromatic N) is 3. The number of phenols is 1. The highest BCUT2D eigenvalue weighted by Crippen LogP contribution is 2.38. The number of fused-ring (bicyclic) bond motifs is 1. The minimum Gasteiger partial charge on any atom is -0.504 e. The van der Waals surface area contributed by atoms with Crippen molar-refractivity contribution >= 4 is 28.0 Å². The van der Waals surface area contributed by atoms with Gasteiger partial charge in [-0.3, -0.25) is 15.1 Å². The van der Waals surface area contributed by atoms with E-state index in [1.165, 1.54) is 38.6 Å². The van der Waals surface area contributed by atoms with Gasteiger partial charge in [-0.2, -0.15) is 5.26 Å². The number of methoxy groups -OCH3 is 2. The molecule has 0 fully saturated rings. The molecular weight excluding hydrogens is 352 g/mol. The molecule has 136 valence electrons. The van der Waals surface area contributed by atoms with Crippen LogP contribution in [-0.4, -0.2) is 29.2 Å². The van der Waals surface area contributed by atoms with Gasteiger partial charge in [0.05, 0.1) is 36.5 Å². The molecule has 27 heavy (non-hydrogen) atoms. The zero-order valence-electron chi connectivity index (χ0n) is 14.4. The third-order valence-corrected chi connectivity index (χ3v) is 3.92. The zero-order chi connectivity index (χ0) is 19.6. The van der Waals surface area contributed by atoms with Gasteiger partial charge in [-0.05, 0) is 12.1 Å². The van der Waals surface area contributed by atoms with Crippen LogP contribution in [0.25, 0.3) is 10.9 Å². The fraction of sp³-hybridized carbons (Fsp3) is 0.111. The lowest BCUT2D eigenvalue weighted by molar-refractivity contribution is -0.384. The second-order valence-corrected chi connectivity index (χ2v) is 5.47. The van der Waals surface area contributed by atoms with E-state index in [-0.39, 0.29) is 28.5 Å². The smallest absolute Gasteiger partial charge is 0.273 e. The summed E-state index contributed by atoms with van der Waals surface area (Å²) in [6, 6.07) is 9.20. The first-order valence-electron chi connectivity index (χ1n) is 7.67. The summed E-state index contributed by atoms with van der Waals surface area (Å²) in [5, 5.41) is 34.0. The molecule has 0 saturated carbocycles. The first-order valence-corrected chi connectivity index (χ1v) is 7.67. The zero-order valence-corrected chi connectivity index (χ0v) is 14.4. The Labute approximate surface area is 153 Å². The number of pyridine rings is 1. The number of ether oxygens (including phenoxy) is 2. The van der Waals surface area contributed by atoms with E-state index in [2.05, 4.69) is 10.3 Å². The number of benzene rings is 2. The van der Waals surface area contributed by atoms with Crippen LogP contribution in [0.4, 0.5) is 17.1 Å². The summed E-state index contributed by atoms with van der Waals surface area (Å²) in [4.78, 5) is 14.9. The summed E-state index contributed by atoms with van der Waals surface area (Å²) in [5.41, 5.74) is 1.12. The number of aromatic hydroxyl groups is 1. The van der Waals surface area contributed by atoms with Crippen LogP contribution in [0, 0.1) is 21.4 Å². The Kier molecular flexibility index (Phi) is 4.64. The van der Waals surface area contributed by atoms with Gasteiger partial charge in [-0.1, -0.05) is 0 Å². The van der Waals surface area contributed by atoms with Crippen molar-refractivity contribution in [2.45, 2.75) is 0 Å². The van der Waals surface area contributed by atoms with Gasteiger partial charge in [-0.15, -0.1) is 0 Å². The minimum atomic E-state index is -0.552. The van der Waals surface area contributed by atoms with Crippen LogP contribution < -0.4 is 14.8 Å². The van der Waals surface area contributed by atoms with Crippen molar-refractivity contribution in [1.82, 2.24) is 4.98 Å². The maximum Gasteiger partial charge on any atom is 0.273 e. The van der Waals surface area contributed by atoms with Crippen LogP contribution in [0.2, 0.25) is 0 Å². The second-order valence-electron chi connectivity index (χ2n) is 5.47. The summed E-state index contributed by atoms with van der Waals surface area (Å²) in [5.74, 6) is 0.408. The molecule has 3 rings (SSSR count). The highest BCUT2D eigenvalue weighted by atomic mass is 16.6. The Bertz CT molecular complexity index is 1090. The third-order valence-electron chi connectivity index (χ3n) is 3.92. The van der Waals surface area contributed by atoms with Gasteiger partial charge in [0.15, 0.2) is 17.2 Å². The highest BCUT2D eigenvalue weighted by molar-refractivity contribution is 6.00. The first-order chi connectivity index (χ1) is 13.0. The Hall–Kier alpha value is -4.06. The maximum atomic E-state index is 11.2. The highest BCUT2D eigenvalue weighted by Gasteiger charge is 2.18. The number of nitriles is 1. The Morgan fingerprint density at radius 2 is 1.96 bits per heavy atom. The second kappa shape index (κ2) is 7.05. The average molecular weight is 366 g/mol. The van der Waals surface area contributed by atoms with Gasteiger partial charge in [0.25, 0.3) is 5.69 Å². The van der Waals surface area contributed by atoms with Gasteiger partial charge >= 0.3 is 0 Å². The third kappa shape index (κ3) is 3.23. The molecule has 1 aromatic heterocycles. The van der Waals surface area contributed by atoms with Gasteiger partial charge < -0.3 is 19.9 Å². The number of non-ortho nitro benzene ring substituents is 1. The number of anilines is 2. The molecule has 2 aromatic carbocycles. The molecule has 0 aliphatic carbocycles. The van der Waals surface area contributed by atoms with E-state index in [0.717, 1.165) is 0 Å². The molecule has 0 radical (unpaired) electrons. The van der Waals surface area contributed by atoms with Gasteiger partial charge in [0.1, 0.15) is 11.6 Å². The lowest BCUT2D eigenvalue weighted by Gasteiger charge is -2.14. The molecule has 0 aliphatic heterocycles. The maximum absolute atomic E-state index is 11.2. The molecule has 0 bridgehead atoms. The molecule has 0 saturated heterocycles. The number of nitro benzene ring substituents is 1. The number of hydrogen-bond acceptors (Lipinski definition) is 8. The van der Waals surface area contributed by atoms with Gasteiger partial charge in [-0.25, -0.2) is 0 Å². The molecule has 0 spiro atoms. The van der Waals surface area contributed by atoms with E-state index in [1.807, 2.05) is 6.07 Å². The summed E-state index contributed by atoms with van der Waals surface area (Å²) >= 11 is 0. The predicted octanol–water partition coefficient (Wildman–Crippen LogP) is 3.48. The topological polar surface area (TPSA) is 131 Å². The molecule has 0 atom stereocenters. The predicted molar refractivity (Wildman–Crippen MR) is 97.6 cm³/mol. The number of nitrogens with one attached hydrogen (secondary N) is 1. The van der Waals surface area contributed by atoms with Crippen LogP contribution in [0.3, 0.4) is 0 Å². The van der Waals surface area contributed by atoms with E-state index in [9.17, 15) is 20.5 Å². The van der Waals surface area contributed by atoms with Crippen molar-refractivity contribution in [2.24, 2.45) is 0 Å². The summed E-state index contributed by atoms with van der Waals surface area (Å²) in [6.45, 7) is 0. The molecule has 9 heteroatoms. The molecule has 2 N–H and O–H groups in total. The van der Waals surface area contributed by atoms with Crippen molar-refractivity contribution in [3.05, 3.63) is 52.2 Å². The van der Waals surface area contributed by atoms with Crippen molar-refractivity contribution in [3.8, 4) is 23.3 Å². The average Bonchev–Trinajstić information content (AvgIpc) is 2.67. The molecule has 0 amide bonds. The number of phenolic OH excluding ortho intramolecular Hbond substituents is 1. The molecular formula is C18H14N4O5. The molecule has 1 heterocycles. The molecule has 0 unspecified atom stereocenters. The Morgan fingerprint density at radius 1 is 1.22 bits per heavy atom. The van der Waals surface area contributed by atoms with Crippen molar-refractivity contribution in [1.29, 1.82) is 5.26 Å². The standard InChI is InChI=1S/C18H14N4O5/c1-26-15-4-3-11(5-14(15)23)21-17-10(8-19)9-20-18-13(17)6-12(22(24)25)7-16(18)27-2/h3-7,9,23H,1-2H3,(H,20,21). The largest absolute Gasteiger partial charge is 0.504 e. The number of hydrogen-bond donors (Lipinski definition) is 2. The minimum absolute atomic E-state index is 0.0945. The van der Waals surface area contributed by atoms with Gasteiger partial charge in [0.2, 0.25) is 0 Å². The quantitative estimate of drug-likeness (QED) is 0.518. The summed E-state index contributed by atoms with van der Waals surface area (Å²) in [7, 11) is 2.81. The van der Waals surface area contributed by atoms with E-state index >= 15 is 0 Å². The summed E-state index contributed by atoms with van der Waals surface area (Å²) < 4.78 is 10.2. The van der Waals surface area contributed by atoms with Crippen LogP contribution in [-0.2, 0) is 0 Å². The fourth-order valence-corrected chi connectivity index (χ4v) is 2.65. The van der Waals surface area contributed by atoms with Crippen molar-refractivity contribution in [2.75, 3.05) is 19.5 Å². The molecule has 0 aliphatic rings. The molecule has 3 aromatic rings. The normalized spacial score (nSPS) is 10.3. The van der Waals surface area contributed by atoms with E-state index < -0.39 is 4.92 Å². The van der Waals surface area contributed by atoms with Crippen LogP contribution in [0.1, 0.15) is 5.56 Å². The van der Waals surface area contributed by atoms with Gasteiger partial charge in [0, 0.05) is 29.4 Å². The van der Waals surface area contributed by atoms with Crippen LogP contribution >= 0.6 is 0 Å². The van der Waals surface area contributed by atoms with E-state index in [1.54, 1.807) is 12.1 Å². The Balaban J connectivity index is 2.23.